The number of hydrogen-bond donors (Lipinski definition) is 1. The third kappa shape index (κ3) is 3.57. The van der Waals surface area contributed by atoms with Crippen molar-refractivity contribution in [2.75, 3.05) is 0 Å². The molecule has 1 heteroatoms. The number of allylic oxidation sites excluding steroid dienone is 3. The minimum atomic E-state index is 0.774. The van der Waals surface area contributed by atoms with Gasteiger partial charge in [-0.25, -0.2) is 0 Å². The third-order valence-corrected chi connectivity index (χ3v) is 5.53. The smallest absolute Gasteiger partial charge is 0.0000387 e. The van der Waals surface area contributed by atoms with Crippen molar-refractivity contribution in [1.29, 1.82) is 0 Å². The highest BCUT2D eigenvalue weighted by molar-refractivity contribution is 7.84. The zero-order valence-corrected chi connectivity index (χ0v) is 14.5. The molecule has 0 saturated carbocycles. The molecule has 0 saturated heterocycles. The summed E-state index contributed by atoms with van der Waals surface area (Å²) in [5.41, 5.74) is 7.48. The van der Waals surface area contributed by atoms with E-state index in [2.05, 4.69) is 56.5 Å². The molecule has 116 valence electrons. The molecule has 1 unspecified atom stereocenters. The van der Waals surface area contributed by atoms with Gasteiger partial charge in [-0.05, 0) is 74.5 Å². The molecule has 0 heterocycles. The highest BCUT2D eigenvalue weighted by atomic mass is 32.1. The van der Waals surface area contributed by atoms with E-state index >= 15 is 0 Å². The molecule has 2 aliphatic rings. The van der Waals surface area contributed by atoms with Gasteiger partial charge in [-0.3, -0.25) is 0 Å². The maximum absolute atomic E-state index is 4.56. The number of hydrogen-bond acceptors (Lipinski definition) is 1. The van der Waals surface area contributed by atoms with Crippen molar-refractivity contribution >= 4 is 18.7 Å². The van der Waals surface area contributed by atoms with Crippen molar-refractivity contribution in [2.45, 2.75) is 51.9 Å². The average Bonchev–Trinajstić information content (AvgIpc) is 2.96. The lowest BCUT2D eigenvalue weighted by Crippen LogP contribution is -2.09. The summed E-state index contributed by atoms with van der Waals surface area (Å²) >= 11 is 4.56. The Hall–Kier alpha value is -1.21. The molecule has 22 heavy (non-hydrogen) atoms. The van der Waals surface area contributed by atoms with Gasteiger partial charge >= 0.3 is 0 Å². The molecule has 0 aromatic heterocycles. The van der Waals surface area contributed by atoms with E-state index in [9.17, 15) is 0 Å². The monoisotopic (exact) mass is 310 g/mol. The van der Waals surface area contributed by atoms with Crippen molar-refractivity contribution in [3.8, 4) is 0 Å². The summed E-state index contributed by atoms with van der Waals surface area (Å²) in [6.07, 6.45) is 11.5. The summed E-state index contributed by atoms with van der Waals surface area (Å²) < 4.78 is 0. The number of rotatable bonds is 4. The Morgan fingerprint density at radius 3 is 2.77 bits per heavy atom. The van der Waals surface area contributed by atoms with Crippen LogP contribution in [0.25, 0.3) is 6.08 Å². The molecule has 0 aliphatic heterocycles. The van der Waals surface area contributed by atoms with Gasteiger partial charge in [-0.15, -0.1) is 12.6 Å². The van der Waals surface area contributed by atoms with E-state index < -0.39 is 0 Å². The zero-order valence-electron chi connectivity index (χ0n) is 13.6. The highest BCUT2D eigenvalue weighted by Gasteiger charge is 2.24. The van der Waals surface area contributed by atoms with Crippen molar-refractivity contribution < 1.29 is 0 Å². The van der Waals surface area contributed by atoms with E-state index in [4.69, 9.17) is 0 Å². The maximum atomic E-state index is 4.56. The van der Waals surface area contributed by atoms with Crippen LogP contribution in [0.15, 0.2) is 52.5 Å². The molecule has 0 amide bonds. The van der Waals surface area contributed by atoms with Gasteiger partial charge in [-0.2, -0.15) is 0 Å². The molecule has 0 radical (unpaired) electrons. The summed E-state index contributed by atoms with van der Waals surface area (Å²) in [5.74, 6) is 0.774. The van der Waals surface area contributed by atoms with Crippen molar-refractivity contribution in [1.82, 2.24) is 0 Å². The Balaban J connectivity index is 1.76. The van der Waals surface area contributed by atoms with Gasteiger partial charge in [0.25, 0.3) is 0 Å². The van der Waals surface area contributed by atoms with E-state index in [1.807, 2.05) is 0 Å². The first-order chi connectivity index (χ1) is 10.6. The van der Waals surface area contributed by atoms with Gasteiger partial charge in [0, 0.05) is 4.91 Å². The maximum Gasteiger partial charge on any atom is 0.0000387 e. The van der Waals surface area contributed by atoms with Crippen LogP contribution in [0.3, 0.4) is 0 Å². The normalized spacial score (nSPS) is 21.9. The molecule has 0 bridgehead atoms. The minimum Gasteiger partial charge on any atom is -0.144 e. The highest BCUT2D eigenvalue weighted by Crippen LogP contribution is 2.42. The molecule has 0 fully saturated rings. The second-order valence-corrected chi connectivity index (χ2v) is 7.39. The molecule has 1 atom stereocenters. The van der Waals surface area contributed by atoms with Gasteiger partial charge in [0.2, 0.25) is 0 Å². The standard InChI is InChI=1S/C21H26S/c1-15-6-3-4-7-19(15)14-21(16(2)22)13-17-10-11-18-8-5-9-20(18)12-17/h3-4,6-7,14,17,22H,2,5,8-13H2,1H3/b21-14-. The predicted octanol–water partition coefficient (Wildman–Crippen LogP) is 6.49. The fourth-order valence-electron chi connectivity index (χ4n) is 3.93. The number of aryl methyl sites for hydroxylation is 1. The molecule has 0 spiro atoms. The second kappa shape index (κ2) is 6.91. The fourth-order valence-corrected chi connectivity index (χ4v) is 4.08. The first-order valence-corrected chi connectivity index (χ1v) is 8.92. The van der Waals surface area contributed by atoms with Crippen LogP contribution in [0.1, 0.15) is 56.1 Å². The average molecular weight is 311 g/mol. The molecule has 3 rings (SSSR count). The Morgan fingerprint density at radius 2 is 2.00 bits per heavy atom. The Bertz CT molecular complexity index is 633. The Labute approximate surface area is 140 Å². The third-order valence-electron chi connectivity index (χ3n) is 5.24. The lowest BCUT2D eigenvalue weighted by atomic mass is 9.81. The first-order valence-electron chi connectivity index (χ1n) is 8.47. The van der Waals surface area contributed by atoms with E-state index in [1.165, 1.54) is 55.2 Å². The van der Waals surface area contributed by atoms with Gasteiger partial charge < -0.3 is 0 Å². The lowest BCUT2D eigenvalue weighted by Gasteiger charge is -2.25. The van der Waals surface area contributed by atoms with Crippen molar-refractivity contribution in [3.63, 3.8) is 0 Å². The molecule has 0 nitrogen and oxygen atoms in total. The van der Waals surface area contributed by atoms with E-state index in [0.717, 1.165) is 17.2 Å². The summed E-state index contributed by atoms with van der Waals surface area (Å²) in [6, 6.07) is 8.55. The molecule has 0 N–H and O–H groups in total. The van der Waals surface area contributed by atoms with Crippen LogP contribution in [-0.2, 0) is 0 Å². The Morgan fingerprint density at radius 1 is 1.23 bits per heavy atom. The molecule has 1 aromatic carbocycles. The SMILES string of the molecule is C=C(S)/C(=C\c1ccccc1C)CC1CCC2=C(CCC2)C1. The summed E-state index contributed by atoms with van der Waals surface area (Å²) in [5, 5.41) is 0. The van der Waals surface area contributed by atoms with Crippen LogP contribution < -0.4 is 0 Å². The van der Waals surface area contributed by atoms with Gasteiger partial charge in [0.15, 0.2) is 0 Å². The van der Waals surface area contributed by atoms with Crippen LogP contribution in [0, 0.1) is 12.8 Å². The first kappa shape index (κ1) is 15.7. The van der Waals surface area contributed by atoms with Gasteiger partial charge in [0.1, 0.15) is 0 Å². The van der Waals surface area contributed by atoms with Crippen LogP contribution in [-0.4, -0.2) is 0 Å². The van der Waals surface area contributed by atoms with Crippen LogP contribution in [0.4, 0.5) is 0 Å². The van der Waals surface area contributed by atoms with Crippen LogP contribution in [0.2, 0.25) is 0 Å². The van der Waals surface area contributed by atoms with E-state index in [-0.39, 0.29) is 0 Å². The topological polar surface area (TPSA) is 0 Å². The molecule has 2 aliphatic carbocycles. The summed E-state index contributed by atoms with van der Waals surface area (Å²) in [7, 11) is 0. The predicted molar refractivity (Wildman–Crippen MR) is 100 cm³/mol. The quantitative estimate of drug-likeness (QED) is 0.366. The van der Waals surface area contributed by atoms with Gasteiger partial charge in [0.05, 0.1) is 0 Å². The molecule has 1 aromatic rings. The van der Waals surface area contributed by atoms with Crippen LogP contribution in [0.5, 0.6) is 0 Å². The number of thiol groups is 1. The second-order valence-electron chi connectivity index (χ2n) is 6.85. The Kier molecular flexibility index (Phi) is 4.93. The zero-order chi connectivity index (χ0) is 15.5. The summed E-state index contributed by atoms with van der Waals surface area (Å²) in [6.45, 7) is 6.26. The molecular weight excluding hydrogens is 284 g/mol. The van der Waals surface area contributed by atoms with Crippen molar-refractivity contribution in [2.24, 2.45) is 5.92 Å². The lowest BCUT2D eigenvalue weighted by molar-refractivity contribution is 0.454. The van der Waals surface area contributed by atoms with Crippen molar-refractivity contribution in [3.05, 3.63) is 63.6 Å². The van der Waals surface area contributed by atoms with E-state index in [1.54, 1.807) is 11.1 Å². The largest absolute Gasteiger partial charge is 0.144 e. The van der Waals surface area contributed by atoms with E-state index in [0.29, 0.717) is 0 Å². The summed E-state index contributed by atoms with van der Waals surface area (Å²) in [4.78, 5) is 0.925. The fraction of sp³-hybridized carbons (Fsp3) is 0.429. The number of benzene rings is 1. The van der Waals surface area contributed by atoms with Gasteiger partial charge in [-0.1, -0.05) is 48.1 Å². The minimum absolute atomic E-state index is 0.774. The molecular formula is C21H26S. The van der Waals surface area contributed by atoms with Crippen LogP contribution >= 0.6 is 12.6 Å².